The number of halogens is 1. The van der Waals surface area contributed by atoms with Crippen LogP contribution in [-0.4, -0.2) is 119 Å². The van der Waals surface area contributed by atoms with Crippen LogP contribution in [0.5, 0.6) is 0 Å². The highest BCUT2D eigenvalue weighted by molar-refractivity contribution is 6.31. The Balaban J connectivity index is 0.000000167. The molecule has 0 fully saturated rings. The molecule has 0 aliphatic heterocycles. The SMILES string of the molecule is NC(=NOCC(=O)O)c1cccc(C#Cc2c(N)ncc3ccc(Cl)cc23)c1.NC(=NOCC(=O)O)c1cccc(C#Cc2cc(N)nc3ccccc23)c1.NC(=NOCC(=O)O)c1cccc(C#Cc2cnc(N)c3ccccc23)c1.NC(=NOCC(=O)O)c1cccc(C#Cc2cnc(N)c3ncccc23)c1. The Bertz CT molecular complexity index is 5690. The Labute approximate surface area is 625 Å². The van der Waals surface area contributed by atoms with Crippen LogP contribution in [0, 0.1) is 47.4 Å². The lowest BCUT2D eigenvalue weighted by atomic mass is 10.1. The molecule has 0 saturated carbocycles. The number of anilines is 4. The minimum absolute atomic E-state index is 0.0445. The maximum atomic E-state index is 10.5. The molecule has 0 spiro atoms. The number of hydrogen-bond acceptors (Lipinski definition) is 21. The normalized spacial score (nSPS) is 10.9. The summed E-state index contributed by atoms with van der Waals surface area (Å²) >= 11 is 6.09. The molecule has 0 aliphatic carbocycles. The summed E-state index contributed by atoms with van der Waals surface area (Å²) < 4.78 is 0. The van der Waals surface area contributed by atoms with Crippen molar-refractivity contribution in [1.29, 1.82) is 0 Å². The fourth-order valence-electron chi connectivity index (χ4n) is 9.55. The van der Waals surface area contributed by atoms with E-state index in [0.29, 0.717) is 89.4 Å². The lowest BCUT2D eigenvalue weighted by molar-refractivity contribution is -0.143. The quantitative estimate of drug-likeness (QED) is 0.0190. The summed E-state index contributed by atoms with van der Waals surface area (Å²) in [5.74, 6) is 21.7. The predicted octanol–water partition coefficient (Wildman–Crippen LogP) is 7.80. The molecule has 0 saturated heterocycles. The summed E-state index contributed by atoms with van der Waals surface area (Å²) in [5, 5.41) is 54.3. The van der Waals surface area contributed by atoms with E-state index >= 15 is 0 Å². The molecule has 0 amide bonds. The Morgan fingerprint density at radius 1 is 0.376 bits per heavy atom. The number of benzene rings is 7. The van der Waals surface area contributed by atoms with Crippen LogP contribution in [0.15, 0.2) is 227 Å². The van der Waals surface area contributed by atoms with Crippen molar-refractivity contribution in [1.82, 2.24) is 24.9 Å². The zero-order valence-corrected chi connectivity index (χ0v) is 57.8. The highest BCUT2D eigenvalue weighted by Crippen LogP contribution is 2.27. The fourth-order valence-corrected chi connectivity index (χ4v) is 9.72. The first-order valence-electron chi connectivity index (χ1n) is 31.9. The number of para-hydroxylation sites is 1. The molecule has 0 aliphatic rings. The van der Waals surface area contributed by atoms with E-state index in [1.54, 1.807) is 122 Å². The molecule has 0 unspecified atom stereocenters. The Morgan fingerprint density at radius 2 is 0.780 bits per heavy atom. The van der Waals surface area contributed by atoms with Crippen LogP contribution in [0.2, 0.25) is 5.02 Å². The van der Waals surface area contributed by atoms with Crippen LogP contribution in [0.4, 0.5) is 23.3 Å². The summed E-state index contributed by atoms with van der Waals surface area (Å²) in [6, 6.07) is 54.3. The first kappa shape index (κ1) is 77.2. The van der Waals surface area contributed by atoms with Crippen LogP contribution in [0.25, 0.3) is 43.4 Å². The third-order valence-corrected chi connectivity index (χ3v) is 14.7. The summed E-state index contributed by atoms with van der Waals surface area (Å²) in [6.07, 6.45) is 6.56. The zero-order valence-electron chi connectivity index (χ0n) is 57.0. The van der Waals surface area contributed by atoms with E-state index in [0.717, 1.165) is 49.0 Å². The van der Waals surface area contributed by atoms with E-state index in [1.165, 1.54) is 0 Å². The molecule has 5 heterocycles. The van der Waals surface area contributed by atoms with Gasteiger partial charge in [-0.25, -0.2) is 39.1 Å². The summed E-state index contributed by atoms with van der Waals surface area (Å²) in [4.78, 5) is 81.4. The van der Waals surface area contributed by atoms with Gasteiger partial charge >= 0.3 is 23.9 Å². The second kappa shape index (κ2) is 37.8. The van der Waals surface area contributed by atoms with Gasteiger partial charge in [0.15, 0.2) is 23.3 Å². The van der Waals surface area contributed by atoms with Crippen LogP contribution in [0.1, 0.15) is 66.8 Å². The van der Waals surface area contributed by atoms with Gasteiger partial charge in [0.2, 0.25) is 26.4 Å². The van der Waals surface area contributed by atoms with E-state index < -0.39 is 50.3 Å². The van der Waals surface area contributed by atoms with Crippen molar-refractivity contribution < 1.29 is 59.0 Å². The second-order valence-corrected chi connectivity index (χ2v) is 22.8. The maximum Gasteiger partial charge on any atom is 0.344 e. The van der Waals surface area contributed by atoms with Gasteiger partial charge in [-0.05, 0) is 84.9 Å². The van der Waals surface area contributed by atoms with Gasteiger partial charge in [-0.3, -0.25) is 4.98 Å². The molecule has 12 rings (SSSR count). The van der Waals surface area contributed by atoms with Gasteiger partial charge in [-0.2, -0.15) is 0 Å². The molecule has 29 nitrogen and oxygen atoms in total. The molecule has 12 aromatic rings. The fraction of sp³-hybridized carbons (Fsp3) is 0.0506. The molecule has 5 aromatic heterocycles. The highest BCUT2D eigenvalue weighted by atomic mass is 35.5. The molecular weight excluding hydrogens is 1410 g/mol. The third-order valence-electron chi connectivity index (χ3n) is 14.5. The summed E-state index contributed by atoms with van der Waals surface area (Å²) in [7, 11) is 0. The minimum atomic E-state index is -1.14. The van der Waals surface area contributed by atoms with Crippen LogP contribution < -0.4 is 45.9 Å². The number of oxime groups is 4. The number of carboxylic acid groups (broad SMARTS) is 4. The lowest BCUT2D eigenvalue weighted by Crippen LogP contribution is -2.15. The van der Waals surface area contributed by atoms with Crippen molar-refractivity contribution in [3.8, 4) is 47.4 Å². The molecule has 20 N–H and O–H groups in total. The average molecular weight is 1480 g/mol. The van der Waals surface area contributed by atoms with Crippen LogP contribution in [-0.2, 0) is 38.5 Å². The molecule has 7 aromatic carbocycles. The number of hydrogen-bond donors (Lipinski definition) is 12. The van der Waals surface area contributed by atoms with Gasteiger partial charge in [0.25, 0.3) is 0 Å². The van der Waals surface area contributed by atoms with E-state index in [1.807, 2.05) is 84.9 Å². The molecular formula is C79H62ClN17O12. The standard InChI is InChI=1S/C20H15ClN4O3.2C20H16N4O3.C19H15N5O3/c21-15-6-5-14-10-24-20(23)16(17(14)9-15)7-4-12-2-1-3-13(8-12)19(22)25-28-11-18(26)27;21-18-11-14(16-6-1-2-7-17(16)23-18)9-8-13-4-3-5-15(10-13)20(22)24-27-12-19(25)26;21-19(24-27-12-18(25)26)14-5-3-4-13(10-14)8-9-15-11-23-20(22)17-7-2-1-6-16(15)17;20-18(24-27-11-16(25)26)13-4-1-3-12(9-13)6-7-14-10-23-19(21)17-15(14)5-2-8-22-17/h1-3,5-6,8-10H,11H2,(H2,22,25)(H2,23,24)(H,26,27);1-7,10-11H,12H2,(H2,21,23)(H2,22,24)(H,25,26);1-7,10-11H,12H2,(H2,21,24)(H2,22,23)(H,25,26);1-5,8-10H,11H2,(H2,20,24)(H2,21,23)(H,25,26). The largest absolute Gasteiger partial charge is 0.479 e. The van der Waals surface area contributed by atoms with E-state index in [-0.39, 0.29) is 23.3 Å². The average Bonchev–Trinajstić information content (AvgIpc) is 0.814. The number of nitrogen functional groups attached to an aromatic ring is 4. The Kier molecular flexibility index (Phi) is 26.8. The van der Waals surface area contributed by atoms with Crippen molar-refractivity contribution in [2.24, 2.45) is 43.6 Å². The molecule has 0 bridgehead atoms. The van der Waals surface area contributed by atoms with E-state index in [9.17, 15) is 19.2 Å². The Hall–Kier alpha value is -16.0. The number of fused-ring (bicyclic) bond motifs is 4. The lowest BCUT2D eigenvalue weighted by Gasteiger charge is -2.04. The smallest absolute Gasteiger partial charge is 0.344 e. The van der Waals surface area contributed by atoms with E-state index in [4.69, 9.17) is 77.9 Å². The number of aliphatic carboxylic acids is 4. The number of nitrogens with zero attached hydrogens (tertiary/aromatic N) is 9. The number of carbonyl (C=O) groups is 4. The minimum Gasteiger partial charge on any atom is -0.479 e. The number of rotatable bonds is 16. The maximum absolute atomic E-state index is 10.5. The monoisotopic (exact) mass is 1480 g/mol. The molecule has 109 heavy (non-hydrogen) atoms. The third kappa shape index (κ3) is 22.8. The van der Waals surface area contributed by atoms with Gasteiger partial charge in [0, 0.05) is 112 Å². The summed E-state index contributed by atoms with van der Waals surface area (Å²) in [6.45, 7) is -2.25. The van der Waals surface area contributed by atoms with Crippen LogP contribution >= 0.6 is 11.6 Å². The number of nitrogens with two attached hydrogens (primary N) is 8. The van der Waals surface area contributed by atoms with Crippen molar-refractivity contribution >= 4 is 125 Å². The first-order valence-corrected chi connectivity index (χ1v) is 32.2. The molecule has 542 valence electrons. The topological polar surface area (TPSA) is 508 Å². The number of carboxylic acids is 4. The van der Waals surface area contributed by atoms with Crippen LogP contribution in [0.3, 0.4) is 0 Å². The predicted molar refractivity (Wildman–Crippen MR) is 414 cm³/mol. The molecule has 0 atom stereocenters. The number of pyridine rings is 5. The van der Waals surface area contributed by atoms with Gasteiger partial charge < -0.3 is 85.6 Å². The van der Waals surface area contributed by atoms with Crippen molar-refractivity contribution in [2.45, 2.75) is 0 Å². The van der Waals surface area contributed by atoms with Crippen molar-refractivity contribution in [2.75, 3.05) is 49.4 Å². The second-order valence-electron chi connectivity index (χ2n) is 22.3. The van der Waals surface area contributed by atoms with Crippen molar-refractivity contribution in [3.05, 3.63) is 279 Å². The van der Waals surface area contributed by atoms with Crippen molar-refractivity contribution in [3.63, 3.8) is 0 Å². The summed E-state index contributed by atoms with van der Waals surface area (Å²) in [5.41, 5.74) is 56.1. The molecule has 0 radical (unpaired) electrons. The highest BCUT2D eigenvalue weighted by Gasteiger charge is 2.11. The molecule has 30 heteroatoms. The van der Waals surface area contributed by atoms with E-state index in [2.05, 4.69) is 112 Å². The van der Waals surface area contributed by atoms with Gasteiger partial charge in [0.05, 0.1) is 22.2 Å². The number of amidine groups is 4. The van der Waals surface area contributed by atoms with Gasteiger partial charge in [-0.15, -0.1) is 0 Å². The van der Waals surface area contributed by atoms with Gasteiger partial charge in [-0.1, -0.05) is 177 Å². The van der Waals surface area contributed by atoms with Gasteiger partial charge in [0.1, 0.15) is 28.8 Å². The first-order chi connectivity index (χ1) is 52.5. The number of aromatic nitrogens is 5. The zero-order chi connectivity index (χ0) is 77.8. The Morgan fingerprint density at radius 3 is 1.26 bits per heavy atom.